The van der Waals surface area contributed by atoms with E-state index < -0.39 is 95.5 Å². The van der Waals surface area contributed by atoms with Crippen LogP contribution in [-0.4, -0.2) is 101 Å². The molecule has 0 spiro atoms. The van der Waals surface area contributed by atoms with E-state index in [-0.39, 0.29) is 36.5 Å². The van der Waals surface area contributed by atoms with Crippen molar-refractivity contribution in [2.24, 2.45) is 41.2 Å². The summed E-state index contributed by atoms with van der Waals surface area (Å²) in [5.74, 6) is -5.20. The Kier molecular flexibility index (Phi) is 24.1. The van der Waals surface area contributed by atoms with Gasteiger partial charge >= 0.3 is 5.97 Å². The van der Waals surface area contributed by atoms with Gasteiger partial charge in [0, 0.05) is 0 Å². The number of hydrogen-bond donors (Lipinski definition) is 8. The van der Waals surface area contributed by atoms with Gasteiger partial charge in [-0.3, -0.25) is 28.8 Å². The second-order valence-electron chi connectivity index (χ2n) is 16.6. The highest BCUT2D eigenvalue weighted by Gasteiger charge is 2.36. The number of nitrogens with two attached hydrogens (primary N) is 1. The van der Waals surface area contributed by atoms with E-state index in [9.17, 15) is 38.7 Å². The van der Waals surface area contributed by atoms with Crippen molar-refractivity contribution in [2.45, 2.75) is 157 Å². The van der Waals surface area contributed by atoms with Gasteiger partial charge in [0.2, 0.25) is 35.4 Å². The lowest BCUT2D eigenvalue weighted by atomic mass is 9.95. The largest absolute Gasteiger partial charge is 0.480 e. The number of carboxylic acids is 1. The van der Waals surface area contributed by atoms with Crippen LogP contribution in [0.2, 0.25) is 0 Å². The van der Waals surface area contributed by atoms with Gasteiger partial charge in [-0.25, -0.2) is 4.79 Å². The van der Waals surface area contributed by atoms with Crippen LogP contribution in [0.4, 0.5) is 0 Å². The summed E-state index contributed by atoms with van der Waals surface area (Å²) >= 11 is 1.56. The Bertz CT molecular complexity index is 1260. The third-order valence-electron chi connectivity index (χ3n) is 9.26. The Hall–Kier alpha value is -3.40. The molecule has 0 aliphatic heterocycles. The van der Waals surface area contributed by atoms with Crippen LogP contribution in [0.3, 0.4) is 0 Å². The van der Waals surface area contributed by atoms with Crippen LogP contribution >= 0.6 is 11.8 Å². The Labute approximate surface area is 333 Å². The fraction of sp³-hybridized carbons (Fsp3) is 0.821. The molecule has 318 valence electrons. The van der Waals surface area contributed by atoms with Gasteiger partial charge in [-0.15, -0.1) is 0 Å². The topological polar surface area (TPSA) is 238 Å². The van der Waals surface area contributed by atoms with Crippen LogP contribution in [0.15, 0.2) is 0 Å². The maximum atomic E-state index is 13.9. The summed E-state index contributed by atoms with van der Waals surface area (Å²) in [5.41, 5.74) is 6.05. The minimum Gasteiger partial charge on any atom is -0.480 e. The normalized spacial score (nSPS) is 16.1. The highest BCUT2D eigenvalue weighted by Crippen LogP contribution is 2.15. The van der Waals surface area contributed by atoms with E-state index >= 15 is 0 Å². The second kappa shape index (κ2) is 25.7. The van der Waals surface area contributed by atoms with E-state index in [1.807, 2.05) is 54.7 Å². The summed E-state index contributed by atoms with van der Waals surface area (Å²) < 4.78 is 0. The molecule has 16 heteroatoms. The summed E-state index contributed by atoms with van der Waals surface area (Å²) in [4.78, 5) is 93.1. The van der Waals surface area contributed by atoms with E-state index in [2.05, 4.69) is 31.9 Å². The maximum Gasteiger partial charge on any atom is 0.326 e. The van der Waals surface area contributed by atoms with Gasteiger partial charge in [-0.2, -0.15) is 11.8 Å². The fourth-order valence-corrected chi connectivity index (χ4v) is 6.29. The second-order valence-corrected chi connectivity index (χ2v) is 17.6. The first-order valence-electron chi connectivity index (χ1n) is 19.8. The predicted molar refractivity (Wildman–Crippen MR) is 218 cm³/mol. The average Bonchev–Trinajstić information content (AvgIpc) is 3.07. The number of hydrogen-bond acceptors (Lipinski definition) is 9. The van der Waals surface area contributed by atoms with Crippen molar-refractivity contribution in [3.63, 3.8) is 0 Å². The molecule has 0 bridgehead atoms. The minimum atomic E-state index is -1.17. The molecule has 9 N–H and O–H groups in total. The van der Waals surface area contributed by atoms with E-state index in [4.69, 9.17) is 5.73 Å². The van der Waals surface area contributed by atoms with Gasteiger partial charge in [0.15, 0.2) is 0 Å². The van der Waals surface area contributed by atoms with E-state index in [1.54, 1.807) is 46.4 Å². The number of aliphatic carboxylic acids is 1. The van der Waals surface area contributed by atoms with Crippen molar-refractivity contribution >= 4 is 53.2 Å². The highest BCUT2D eigenvalue weighted by molar-refractivity contribution is 7.98. The molecule has 15 nitrogen and oxygen atoms in total. The molecule has 0 saturated carbocycles. The maximum absolute atomic E-state index is 13.9. The zero-order valence-corrected chi connectivity index (χ0v) is 36.4. The Morgan fingerprint density at radius 2 is 0.873 bits per heavy atom. The van der Waals surface area contributed by atoms with Gasteiger partial charge in [0.1, 0.15) is 36.3 Å². The smallest absolute Gasteiger partial charge is 0.326 e. The number of rotatable bonds is 26. The first-order chi connectivity index (χ1) is 25.5. The zero-order chi connectivity index (χ0) is 42.7. The third kappa shape index (κ3) is 19.3. The van der Waals surface area contributed by atoms with Gasteiger partial charge in [-0.1, -0.05) is 89.5 Å². The van der Waals surface area contributed by atoms with Crippen LogP contribution in [0.25, 0.3) is 0 Å². The molecule has 0 saturated heterocycles. The lowest BCUT2D eigenvalue weighted by Crippen LogP contribution is -2.62. The van der Waals surface area contributed by atoms with E-state index in [0.29, 0.717) is 25.0 Å². The molecule has 0 aromatic rings. The standard InChI is InChI=1S/C39H73N7O8S/c1-14-25(12)32(38(52)43-29(39(53)54)19-22(6)7)46-35(49)28(18-21(4)5)42-36(50)30(23(8)9)45-37(51)31(24(10)11)44-34(48)27(17-20(2)3)41-33(47)26(40)15-16-55-13/h20-32H,14-19,40H2,1-13H3,(H,41,47)(H,42,50)(H,43,52)(H,44,48)(H,45,51)(H,46,49)(H,53,54)/t25-,26-,27-,28-,29-,30-,31-,32-/m0/s1. The molecule has 0 heterocycles. The zero-order valence-electron chi connectivity index (χ0n) is 35.5. The summed E-state index contributed by atoms with van der Waals surface area (Å²) in [6.07, 6.45) is 3.59. The monoisotopic (exact) mass is 800 g/mol. The Balaban J connectivity index is 6.19. The Morgan fingerprint density at radius 3 is 1.25 bits per heavy atom. The lowest BCUT2D eigenvalue weighted by molar-refractivity contribution is -0.143. The van der Waals surface area contributed by atoms with Crippen molar-refractivity contribution < 1.29 is 38.7 Å². The molecule has 0 radical (unpaired) electrons. The van der Waals surface area contributed by atoms with Crippen LogP contribution in [0, 0.1) is 35.5 Å². The number of carbonyl (C=O) groups is 7. The molecule has 0 aromatic carbocycles. The van der Waals surface area contributed by atoms with Crippen molar-refractivity contribution in [2.75, 3.05) is 12.0 Å². The summed E-state index contributed by atoms with van der Waals surface area (Å²) in [6.45, 7) is 21.8. The minimum absolute atomic E-state index is 0.00133. The number of carbonyl (C=O) groups excluding carboxylic acids is 6. The quantitative estimate of drug-likeness (QED) is 0.0637. The molecule has 8 atom stereocenters. The molecular formula is C39H73N7O8S. The fourth-order valence-electron chi connectivity index (χ4n) is 5.80. The SMILES string of the molecule is CC[C@H](C)[C@H](NC(=O)[C@H](CC(C)C)NC(=O)[C@@H](NC(=O)[C@@H](NC(=O)[C@H](CC(C)C)NC(=O)[C@@H](N)CCSC)C(C)C)C(C)C)C(=O)N[C@@H](CC(C)C)C(=O)O. The summed E-state index contributed by atoms with van der Waals surface area (Å²) in [5, 5.41) is 26.1. The van der Waals surface area contributed by atoms with Crippen LogP contribution in [-0.2, 0) is 33.6 Å². The summed E-state index contributed by atoms with van der Waals surface area (Å²) in [6, 6.07) is -7.17. The molecule has 55 heavy (non-hydrogen) atoms. The van der Waals surface area contributed by atoms with Gasteiger partial charge < -0.3 is 42.7 Å². The van der Waals surface area contributed by atoms with Crippen LogP contribution < -0.4 is 37.6 Å². The molecule has 0 aliphatic rings. The highest BCUT2D eigenvalue weighted by atomic mass is 32.2. The third-order valence-corrected chi connectivity index (χ3v) is 9.90. The number of carboxylic acid groups (broad SMARTS) is 1. The first-order valence-corrected chi connectivity index (χ1v) is 21.2. The van der Waals surface area contributed by atoms with E-state index in [0.717, 1.165) is 0 Å². The molecule has 0 rings (SSSR count). The van der Waals surface area contributed by atoms with Crippen molar-refractivity contribution in [3.8, 4) is 0 Å². The number of amides is 6. The number of nitrogens with one attached hydrogen (secondary N) is 6. The molecule has 6 amide bonds. The average molecular weight is 800 g/mol. The van der Waals surface area contributed by atoms with E-state index in [1.165, 1.54) is 0 Å². The molecule has 0 unspecified atom stereocenters. The van der Waals surface area contributed by atoms with Crippen molar-refractivity contribution in [1.82, 2.24) is 31.9 Å². The predicted octanol–water partition coefficient (Wildman–Crippen LogP) is 2.56. The Morgan fingerprint density at radius 1 is 0.527 bits per heavy atom. The van der Waals surface area contributed by atoms with Gasteiger partial charge in [-0.05, 0) is 73.2 Å². The molecule has 0 aliphatic carbocycles. The van der Waals surface area contributed by atoms with Gasteiger partial charge in [0.05, 0.1) is 6.04 Å². The number of thioether (sulfide) groups is 1. The molecular weight excluding hydrogens is 727 g/mol. The summed E-state index contributed by atoms with van der Waals surface area (Å²) in [7, 11) is 0. The van der Waals surface area contributed by atoms with Crippen molar-refractivity contribution in [1.29, 1.82) is 0 Å². The molecule has 0 fully saturated rings. The lowest BCUT2D eigenvalue weighted by Gasteiger charge is -2.31. The van der Waals surface area contributed by atoms with Gasteiger partial charge in [0.25, 0.3) is 0 Å². The van der Waals surface area contributed by atoms with Crippen molar-refractivity contribution in [3.05, 3.63) is 0 Å². The first kappa shape index (κ1) is 51.6. The van der Waals surface area contributed by atoms with Crippen LogP contribution in [0.1, 0.15) is 115 Å². The van der Waals surface area contributed by atoms with Crippen LogP contribution in [0.5, 0.6) is 0 Å². The molecule has 0 aromatic heterocycles.